The summed E-state index contributed by atoms with van der Waals surface area (Å²) in [4.78, 5) is 2.53. The van der Waals surface area contributed by atoms with E-state index >= 15 is 0 Å². The average Bonchev–Trinajstić information content (AvgIpc) is 3.23. The summed E-state index contributed by atoms with van der Waals surface area (Å²) >= 11 is 0. The highest BCUT2D eigenvalue weighted by Gasteiger charge is 2.38. The number of nitrogens with zero attached hydrogens (tertiary/aromatic N) is 2. The van der Waals surface area contributed by atoms with Gasteiger partial charge in [-0.3, -0.25) is 0 Å². The Bertz CT molecular complexity index is 1490. The molecule has 31 heavy (non-hydrogen) atoms. The van der Waals surface area contributed by atoms with Crippen LogP contribution in [0.15, 0.2) is 109 Å². The van der Waals surface area contributed by atoms with E-state index in [1.807, 2.05) is 0 Å². The minimum atomic E-state index is 0.124. The fourth-order valence-corrected chi connectivity index (χ4v) is 5.28. The fraction of sp³-hybridized carbons (Fsp3) is 0.0345. The maximum atomic E-state index is 2.53. The summed E-state index contributed by atoms with van der Waals surface area (Å²) in [5.74, 6) is 0. The van der Waals surface area contributed by atoms with E-state index in [1.54, 1.807) is 0 Å². The van der Waals surface area contributed by atoms with Gasteiger partial charge in [0, 0.05) is 5.39 Å². The van der Waals surface area contributed by atoms with E-state index in [4.69, 9.17) is 0 Å². The fourth-order valence-electron chi connectivity index (χ4n) is 5.28. The zero-order chi connectivity index (χ0) is 20.4. The van der Waals surface area contributed by atoms with Crippen molar-refractivity contribution in [3.8, 4) is 5.69 Å². The minimum absolute atomic E-state index is 0.124. The molecule has 1 unspecified atom stereocenters. The second-order valence-electron chi connectivity index (χ2n) is 8.25. The van der Waals surface area contributed by atoms with Crippen LogP contribution in [0.2, 0.25) is 0 Å². The molecule has 1 atom stereocenters. The molecule has 2 aliphatic rings. The molecular formula is C29H20N2. The number of benzene rings is 4. The number of hydrogen-bond donors (Lipinski definition) is 0. The van der Waals surface area contributed by atoms with Crippen LogP contribution < -0.4 is 4.90 Å². The van der Waals surface area contributed by atoms with E-state index in [9.17, 15) is 0 Å². The topological polar surface area (TPSA) is 8.17 Å². The third-order valence-electron chi connectivity index (χ3n) is 6.57. The van der Waals surface area contributed by atoms with Gasteiger partial charge in [-0.05, 0) is 47.0 Å². The van der Waals surface area contributed by atoms with E-state index in [0.717, 1.165) is 0 Å². The van der Waals surface area contributed by atoms with Crippen LogP contribution in [0.5, 0.6) is 0 Å². The molecule has 2 aliphatic heterocycles. The van der Waals surface area contributed by atoms with Crippen molar-refractivity contribution in [2.75, 3.05) is 4.90 Å². The first-order valence-electron chi connectivity index (χ1n) is 10.8. The van der Waals surface area contributed by atoms with Crippen LogP contribution in [-0.2, 0) is 0 Å². The zero-order valence-electron chi connectivity index (χ0n) is 16.9. The molecule has 0 radical (unpaired) electrons. The Morgan fingerprint density at radius 1 is 0.613 bits per heavy atom. The number of hydrogen-bond acceptors (Lipinski definition) is 1. The SMILES string of the molecule is C1=C(c2ccccc2)N2c3ccccc3-n3c(cc4ccccc43)C2c2ccccc21. The van der Waals surface area contributed by atoms with Crippen molar-refractivity contribution in [3.63, 3.8) is 0 Å². The first-order valence-corrected chi connectivity index (χ1v) is 10.8. The van der Waals surface area contributed by atoms with Gasteiger partial charge in [0.15, 0.2) is 0 Å². The highest BCUT2D eigenvalue weighted by Crippen LogP contribution is 2.51. The van der Waals surface area contributed by atoms with Gasteiger partial charge in [0.1, 0.15) is 6.04 Å². The lowest BCUT2D eigenvalue weighted by molar-refractivity contribution is 0.735. The van der Waals surface area contributed by atoms with Crippen LogP contribution in [0.25, 0.3) is 28.4 Å². The van der Waals surface area contributed by atoms with Crippen LogP contribution >= 0.6 is 0 Å². The lowest BCUT2D eigenvalue weighted by Gasteiger charge is -2.44. The average molecular weight is 396 g/mol. The molecule has 2 heteroatoms. The van der Waals surface area contributed by atoms with Gasteiger partial charge in [-0.2, -0.15) is 0 Å². The summed E-state index contributed by atoms with van der Waals surface area (Å²) in [6.07, 6.45) is 2.34. The lowest BCUT2D eigenvalue weighted by atomic mass is 9.88. The zero-order valence-corrected chi connectivity index (χ0v) is 16.9. The van der Waals surface area contributed by atoms with Crippen LogP contribution in [0.1, 0.15) is 28.4 Å². The Balaban J connectivity index is 1.61. The second kappa shape index (κ2) is 6.23. The monoisotopic (exact) mass is 396 g/mol. The smallest absolute Gasteiger partial charge is 0.101 e. The molecule has 146 valence electrons. The molecule has 4 aromatic carbocycles. The predicted octanol–water partition coefficient (Wildman–Crippen LogP) is 7.05. The largest absolute Gasteiger partial charge is 0.326 e. The molecule has 0 saturated heterocycles. The molecule has 0 N–H and O–H groups in total. The molecule has 0 aliphatic carbocycles. The molecule has 5 aromatic rings. The first-order chi connectivity index (χ1) is 15.4. The van der Waals surface area contributed by atoms with Gasteiger partial charge in [-0.1, -0.05) is 84.9 Å². The highest BCUT2D eigenvalue weighted by atomic mass is 15.3. The summed E-state index contributed by atoms with van der Waals surface area (Å²) < 4.78 is 2.45. The number of rotatable bonds is 1. The van der Waals surface area contributed by atoms with Crippen LogP contribution in [0.4, 0.5) is 5.69 Å². The number of para-hydroxylation sites is 3. The van der Waals surface area contributed by atoms with Crippen LogP contribution in [0.3, 0.4) is 0 Å². The third kappa shape index (κ3) is 2.27. The molecule has 0 fully saturated rings. The van der Waals surface area contributed by atoms with Crippen molar-refractivity contribution >= 4 is 28.4 Å². The summed E-state index contributed by atoms with van der Waals surface area (Å²) in [6.45, 7) is 0. The summed E-state index contributed by atoms with van der Waals surface area (Å²) in [5, 5.41) is 1.28. The molecule has 1 aromatic heterocycles. The van der Waals surface area contributed by atoms with Gasteiger partial charge >= 0.3 is 0 Å². The van der Waals surface area contributed by atoms with E-state index < -0.39 is 0 Å². The van der Waals surface area contributed by atoms with Crippen molar-refractivity contribution in [1.82, 2.24) is 4.57 Å². The Labute approximate surface area is 181 Å². The maximum absolute atomic E-state index is 2.53. The predicted molar refractivity (Wildman–Crippen MR) is 128 cm³/mol. The van der Waals surface area contributed by atoms with E-state index in [-0.39, 0.29) is 6.04 Å². The van der Waals surface area contributed by atoms with Gasteiger partial charge in [0.2, 0.25) is 0 Å². The van der Waals surface area contributed by atoms with E-state index in [0.29, 0.717) is 0 Å². The van der Waals surface area contributed by atoms with Crippen molar-refractivity contribution in [3.05, 3.63) is 132 Å². The molecule has 0 spiro atoms. The Morgan fingerprint density at radius 2 is 1.32 bits per heavy atom. The molecule has 0 bridgehead atoms. The number of anilines is 1. The van der Waals surface area contributed by atoms with Gasteiger partial charge in [0.25, 0.3) is 0 Å². The van der Waals surface area contributed by atoms with Crippen LogP contribution in [-0.4, -0.2) is 4.57 Å². The Hall–Kier alpha value is -4.04. The molecule has 2 nitrogen and oxygen atoms in total. The summed E-state index contributed by atoms with van der Waals surface area (Å²) in [7, 11) is 0. The third-order valence-corrected chi connectivity index (χ3v) is 6.57. The molecule has 0 saturated carbocycles. The van der Waals surface area contributed by atoms with Crippen molar-refractivity contribution in [2.24, 2.45) is 0 Å². The van der Waals surface area contributed by atoms with Gasteiger partial charge in [0.05, 0.1) is 28.3 Å². The first kappa shape index (κ1) is 16.7. The van der Waals surface area contributed by atoms with E-state index in [1.165, 1.54) is 50.4 Å². The number of fused-ring (bicyclic) bond motifs is 10. The standard InChI is InChI=1S/C29H20N2/c1-2-10-20(11-3-1)27-18-21-12-4-6-14-23(21)29-28-19-22-13-5-7-15-24(22)30(28)25-16-8-9-17-26(25)31(27)29/h1-19,29H. The molecule has 3 heterocycles. The summed E-state index contributed by atoms with van der Waals surface area (Å²) in [5.41, 5.74) is 10.2. The van der Waals surface area contributed by atoms with Crippen molar-refractivity contribution in [1.29, 1.82) is 0 Å². The highest BCUT2D eigenvalue weighted by molar-refractivity contribution is 5.98. The van der Waals surface area contributed by atoms with Gasteiger partial charge in [-0.25, -0.2) is 0 Å². The Kier molecular flexibility index (Phi) is 3.36. The maximum Gasteiger partial charge on any atom is 0.101 e. The summed E-state index contributed by atoms with van der Waals surface area (Å²) in [6, 6.07) is 39.6. The molecule has 7 rings (SSSR count). The van der Waals surface area contributed by atoms with Crippen molar-refractivity contribution in [2.45, 2.75) is 6.04 Å². The molecular weight excluding hydrogens is 376 g/mol. The normalized spacial score (nSPS) is 16.2. The van der Waals surface area contributed by atoms with E-state index in [2.05, 4.69) is 125 Å². The van der Waals surface area contributed by atoms with Gasteiger partial charge in [-0.15, -0.1) is 0 Å². The second-order valence-corrected chi connectivity index (χ2v) is 8.25. The lowest BCUT2D eigenvalue weighted by Crippen LogP contribution is -2.36. The Morgan fingerprint density at radius 3 is 2.23 bits per heavy atom. The van der Waals surface area contributed by atoms with Crippen LogP contribution in [0, 0.1) is 0 Å². The molecule has 0 amide bonds. The number of aromatic nitrogens is 1. The van der Waals surface area contributed by atoms with Gasteiger partial charge < -0.3 is 9.47 Å². The quantitative estimate of drug-likeness (QED) is 0.295. The minimum Gasteiger partial charge on any atom is -0.326 e. The van der Waals surface area contributed by atoms with Crippen molar-refractivity contribution < 1.29 is 0 Å².